The Bertz CT molecular complexity index is 1580. The van der Waals surface area contributed by atoms with Gasteiger partial charge in [0.05, 0.1) is 18.2 Å². The smallest absolute Gasteiger partial charge is 0.315 e. The van der Waals surface area contributed by atoms with Crippen molar-refractivity contribution in [2.24, 2.45) is 0 Å². The molecule has 0 atom stereocenters. The summed E-state index contributed by atoms with van der Waals surface area (Å²) in [5.74, 6) is -1.06. The zero-order valence-corrected chi connectivity index (χ0v) is 25.3. The Morgan fingerprint density at radius 2 is 1.52 bits per heavy atom. The van der Waals surface area contributed by atoms with Crippen molar-refractivity contribution >= 4 is 43.1 Å². The molecule has 1 fully saturated rings. The van der Waals surface area contributed by atoms with Crippen LogP contribution in [0.2, 0.25) is 0 Å². The molecule has 228 valence electrons. The van der Waals surface area contributed by atoms with Crippen molar-refractivity contribution in [3.05, 3.63) is 65.2 Å². The largest absolute Gasteiger partial charge is 0.482 e. The van der Waals surface area contributed by atoms with Crippen LogP contribution < -0.4 is 8.45 Å². The fourth-order valence-electron chi connectivity index (χ4n) is 5.36. The zero-order chi connectivity index (χ0) is 31.0. The number of piperidine rings is 1. The Kier molecular flexibility index (Phi) is 8.70. The van der Waals surface area contributed by atoms with E-state index in [-0.39, 0.29) is 37.5 Å². The van der Waals surface area contributed by atoms with Crippen LogP contribution >= 0.6 is 0 Å². The topological polar surface area (TPSA) is 121 Å². The number of likely N-dealkylation sites (tertiary alicyclic amines) is 1. The molecule has 2 aromatic rings. The highest BCUT2D eigenvalue weighted by Gasteiger charge is 2.41. The zero-order valence-electron chi connectivity index (χ0n) is 23.7. The number of nitrogens with zero attached hydrogens (tertiary/aromatic N) is 3. The van der Waals surface area contributed by atoms with E-state index in [0.29, 0.717) is 44.8 Å². The molecule has 0 N–H and O–H groups in total. The Labute approximate surface area is 244 Å². The van der Waals surface area contributed by atoms with Crippen molar-refractivity contribution < 1.29 is 39.9 Å². The number of anilines is 1. The summed E-state index contributed by atoms with van der Waals surface area (Å²) in [6, 6.07) is 11.0. The summed E-state index contributed by atoms with van der Waals surface area (Å²) < 4.78 is 82.6. The highest BCUT2D eigenvalue weighted by Crippen LogP contribution is 2.45. The van der Waals surface area contributed by atoms with E-state index in [1.54, 1.807) is 35.2 Å². The number of ether oxygens (including phenoxy) is 1. The lowest BCUT2D eigenvalue weighted by Gasteiger charge is -2.43. The minimum atomic E-state index is -4.22. The van der Waals surface area contributed by atoms with Crippen LogP contribution in [0, 0.1) is 0 Å². The van der Waals surface area contributed by atoms with Crippen LogP contribution in [-0.4, -0.2) is 89.2 Å². The van der Waals surface area contributed by atoms with Crippen molar-refractivity contribution in [1.29, 1.82) is 0 Å². The molecule has 42 heavy (non-hydrogen) atoms. The number of halogens is 2. The number of hydrogen-bond donors (Lipinski definition) is 0. The van der Waals surface area contributed by atoms with Gasteiger partial charge in [-0.25, -0.2) is 16.8 Å². The maximum atomic E-state index is 13.0. The van der Waals surface area contributed by atoms with Gasteiger partial charge in [-0.05, 0) is 61.4 Å². The van der Waals surface area contributed by atoms with Crippen LogP contribution in [0.5, 0.6) is 5.75 Å². The van der Waals surface area contributed by atoms with Crippen molar-refractivity contribution in [3.8, 4) is 5.75 Å². The number of hydrogen-bond acceptors (Lipinski definition) is 7. The van der Waals surface area contributed by atoms with E-state index < -0.39 is 38.0 Å². The average molecular weight is 626 g/mol. The van der Waals surface area contributed by atoms with E-state index in [1.807, 2.05) is 13.8 Å². The van der Waals surface area contributed by atoms with E-state index in [4.69, 9.17) is 4.74 Å². The van der Waals surface area contributed by atoms with Gasteiger partial charge < -0.3 is 14.5 Å². The molecule has 0 radical (unpaired) electrons. The Hall–Kier alpha value is -3.52. The quantitative estimate of drug-likeness (QED) is 0.441. The molecule has 2 amide bonds. The lowest BCUT2D eigenvalue weighted by atomic mass is 9.82. The van der Waals surface area contributed by atoms with E-state index in [9.17, 15) is 35.2 Å². The van der Waals surface area contributed by atoms with Crippen molar-refractivity contribution in [2.45, 2.75) is 38.7 Å². The van der Waals surface area contributed by atoms with Gasteiger partial charge in [0, 0.05) is 50.1 Å². The number of carbonyl (C=O) groups excluding carboxylic acids is 2. The van der Waals surface area contributed by atoms with E-state index >= 15 is 0 Å². The van der Waals surface area contributed by atoms with Gasteiger partial charge in [-0.15, -0.1) is 0 Å². The first kappa shape index (κ1) is 31.4. The summed E-state index contributed by atoms with van der Waals surface area (Å²) in [6.45, 7) is 4.92. The lowest BCUT2D eigenvalue weighted by Crippen LogP contribution is -2.51. The molecule has 2 aliphatic rings. The number of fused-ring (bicyclic) bond motifs is 1. The maximum absolute atomic E-state index is 13.0. The standard InChI is InChI=1S/C28H33F2N3O7S2/c1-5-31(6-2)26(34)20-9-7-19(8-10-20)23-18-28(13-15-32(16-14-28)27(35)25(29)30)40-24-12-11-21(17-22(23)24)33(41(3,36)37)42(4,38)39/h7-12,17-18,25H,5-6,13-16H2,1-4H3. The first-order valence-corrected chi connectivity index (χ1v) is 17.0. The lowest BCUT2D eigenvalue weighted by molar-refractivity contribution is -0.145. The van der Waals surface area contributed by atoms with Gasteiger partial charge in [-0.3, -0.25) is 9.59 Å². The van der Waals surface area contributed by atoms with E-state index in [1.165, 1.54) is 18.2 Å². The number of benzene rings is 2. The minimum absolute atomic E-state index is 0.0353. The van der Waals surface area contributed by atoms with Crippen molar-refractivity contribution in [1.82, 2.24) is 9.80 Å². The van der Waals surface area contributed by atoms with Crippen LogP contribution in [0.3, 0.4) is 0 Å². The summed E-state index contributed by atoms with van der Waals surface area (Å²) >= 11 is 0. The first-order valence-electron chi connectivity index (χ1n) is 13.3. The van der Waals surface area contributed by atoms with Crippen LogP contribution in [0.15, 0.2) is 48.5 Å². The molecule has 2 aliphatic heterocycles. The van der Waals surface area contributed by atoms with Crippen molar-refractivity contribution in [2.75, 3.05) is 42.4 Å². The third-order valence-corrected chi connectivity index (χ3v) is 10.6. The summed E-state index contributed by atoms with van der Waals surface area (Å²) in [4.78, 5) is 27.5. The highest BCUT2D eigenvalue weighted by atomic mass is 32.3. The maximum Gasteiger partial charge on any atom is 0.315 e. The molecule has 10 nitrogen and oxygen atoms in total. The Morgan fingerprint density at radius 1 is 0.952 bits per heavy atom. The summed E-state index contributed by atoms with van der Waals surface area (Å²) in [5.41, 5.74) is 1.02. The highest BCUT2D eigenvalue weighted by molar-refractivity contribution is 8.09. The van der Waals surface area contributed by atoms with Gasteiger partial charge in [0.1, 0.15) is 11.4 Å². The number of amides is 2. The van der Waals surface area contributed by atoms with Crippen molar-refractivity contribution in [3.63, 3.8) is 0 Å². The van der Waals surface area contributed by atoms with Gasteiger partial charge in [-0.2, -0.15) is 12.5 Å². The predicted molar refractivity (Wildman–Crippen MR) is 155 cm³/mol. The minimum Gasteiger partial charge on any atom is -0.482 e. The Morgan fingerprint density at radius 3 is 2.02 bits per heavy atom. The molecule has 1 saturated heterocycles. The molecule has 0 aromatic heterocycles. The molecule has 2 aromatic carbocycles. The van der Waals surface area contributed by atoms with E-state index in [2.05, 4.69) is 0 Å². The van der Waals surface area contributed by atoms with Crippen LogP contribution in [0.4, 0.5) is 14.5 Å². The second-order valence-electron chi connectivity index (χ2n) is 10.3. The molecule has 0 saturated carbocycles. The second kappa shape index (κ2) is 11.6. The number of alkyl halides is 2. The molecule has 0 aliphatic carbocycles. The molecule has 4 rings (SSSR count). The fourth-order valence-corrected chi connectivity index (χ4v) is 8.32. The van der Waals surface area contributed by atoms with Crippen LogP contribution in [0.25, 0.3) is 5.57 Å². The van der Waals surface area contributed by atoms with Crippen LogP contribution in [0.1, 0.15) is 48.2 Å². The molecule has 14 heteroatoms. The predicted octanol–water partition coefficient (Wildman–Crippen LogP) is 3.34. The average Bonchev–Trinajstić information content (AvgIpc) is 2.92. The summed E-state index contributed by atoms with van der Waals surface area (Å²) in [5, 5.41) is 0. The van der Waals surface area contributed by atoms with Crippen LogP contribution in [-0.2, 0) is 24.8 Å². The summed E-state index contributed by atoms with van der Waals surface area (Å²) in [6.07, 6.45) is 0.698. The molecule has 1 spiro atoms. The van der Waals surface area contributed by atoms with Gasteiger partial charge in [0.15, 0.2) is 0 Å². The molecule has 0 unspecified atom stereocenters. The van der Waals surface area contributed by atoms with Gasteiger partial charge in [-0.1, -0.05) is 12.1 Å². The number of sulfonamides is 2. The monoisotopic (exact) mass is 625 g/mol. The third-order valence-electron chi connectivity index (χ3n) is 7.39. The molecular formula is C28H33F2N3O7S2. The Balaban J connectivity index is 1.81. The molecular weight excluding hydrogens is 592 g/mol. The van der Waals surface area contributed by atoms with Gasteiger partial charge in [0.25, 0.3) is 11.8 Å². The normalized spacial score (nSPS) is 16.5. The van der Waals surface area contributed by atoms with E-state index in [0.717, 1.165) is 17.4 Å². The fraction of sp³-hybridized carbons (Fsp3) is 0.429. The van der Waals surface area contributed by atoms with Gasteiger partial charge in [0.2, 0.25) is 20.0 Å². The number of rotatable bonds is 8. The number of carbonyl (C=O) groups is 2. The molecule has 2 heterocycles. The SMILES string of the molecule is CCN(CC)C(=O)c1ccc(C2=CC3(CCN(C(=O)C(F)F)CC3)Oc3ccc(N(S(C)(=O)=O)S(C)(=O)=O)cc32)cc1. The molecule has 0 bridgehead atoms. The third kappa shape index (κ3) is 6.28. The second-order valence-corrected chi connectivity index (χ2v) is 14.2. The summed E-state index contributed by atoms with van der Waals surface area (Å²) in [7, 11) is -8.43. The van der Waals surface area contributed by atoms with Gasteiger partial charge >= 0.3 is 6.43 Å². The first-order chi connectivity index (χ1) is 19.6.